The van der Waals surface area contributed by atoms with Gasteiger partial charge in [0.05, 0.1) is 0 Å². The van der Waals surface area contributed by atoms with Crippen LogP contribution in [0.5, 0.6) is 0 Å². The van der Waals surface area contributed by atoms with Gasteiger partial charge in [-0.15, -0.1) is 12.4 Å². The van der Waals surface area contributed by atoms with Gasteiger partial charge in [0.25, 0.3) is 0 Å². The Balaban J connectivity index is 0.000001000. The average molecular weight is 177 g/mol. The Kier molecular flexibility index (Phi) is 5.03. The molecule has 0 bridgehead atoms. The van der Waals surface area contributed by atoms with Gasteiger partial charge in [-0.2, -0.15) is 0 Å². The third-order valence-electron chi connectivity index (χ3n) is 1.96. The summed E-state index contributed by atoms with van der Waals surface area (Å²) in [5, 5.41) is 3.64. The average Bonchev–Trinajstić information content (AvgIpc) is 1.95. The smallest absolute Gasteiger partial charge is 0.0375 e. The maximum absolute atomic E-state index is 8.11. The van der Waals surface area contributed by atoms with Crippen LogP contribution in [0.3, 0.4) is 0 Å². The first-order valence-corrected chi connectivity index (χ1v) is 3.62. The lowest BCUT2D eigenvalue weighted by atomic mass is 9.92. The molecule has 64 valence electrons. The lowest BCUT2D eigenvalue weighted by molar-refractivity contribution is 0.394. The molecule has 1 aliphatic carbocycles. The molecule has 0 amide bonds. The first kappa shape index (κ1) is 10.6. The highest BCUT2D eigenvalue weighted by Crippen LogP contribution is 2.19. The third kappa shape index (κ3) is 3.46. The highest BCUT2D eigenvalue weighted by molar-refractivity contribution is 5.85. The zero-order chi connectivity index (χ0) is 7.40. The van der Waals surface area contributed by atoms with E-state index < -0.39 is 0 Å². The van der Waals surface area contributed by atoms with E-state index in [-0.39, 0.29) is 18.4 Å². The van der Waals surface area contributed by atoms with Crippen LogP contribution < -0.4 is 5.73 Å². The number of halogens is 1. The van der Waals surface area contributed by atoms with Gasteiger partial charge in [0.1, 0.15) is 0 Å². The second kappa shape index (κ2) is 5.24. The van der Waals surface area contributed by atoms with Crippen molar-refractivity contribution in [3.8, 4) is 0 Å². The van der Waals surface area contributed by atoms with E-state index in [1.165, 1.54) is 0 Å². The second-order valence-electron chi connectivity index (χ2n) is 2.77. The normalized spacial score (nSPS) is 29.9. The summed E-state index contributed by atoms with van der Waals surface area (Å²) in [6.45, 7) is 0. The maximum Gasteiger partial charge on any atom is 0.0375 e. The van der Waals surface area contributed by atoms with E-state index in [4.69, 9.17) is 11.3 Å². The highest BCUT2D eigenvalue weighted by Gasteiger charge is 2.16. The molecule has 4 nitrogen and oxygen atoms in total. The van der Waals surface area contributed by atoms with Crippen molar-refractivity contribution < 1.29 is 0 Å². The Morgan fingerprint density at radius 3 is 2.27 bits per heavy atom. The molecule has 0 aromatic rings. The Morgan fingerprint density at radius 2 is 1.82 bits per heavy atom. The Labute approximate surface area is 72.2 Å². The third-order valence-corrected chi connectivity index (χ3v) is 1.96. The topological polar surface area (TPSA) is 74.8 Å². The van der Waals surface area contributed by atoms with Gasteiger partial charge in [-0.1, -0.05) is 5.11 Å². The second-order valence-corrected chi connectivity index (χ2v) is 2.77. The van der Waals surface area contributed by atoms with Gasteiger partial charge in [-0.05, 0) is 31.2 Å². The molecule has 0 aromatic carbocycles. The van der Waals surface area contributed by atoms with E-state index in [1.807, 2.05) is 0 Å². The summed E-state index contributed by atoms with van der Waals surface area (Å²) in [4.78, 5) is 2.77. The van der Waals surface area contributed by atoms with Crippen LogP contribution in [0.2, 0.25) is 0 Å². The number of hydrogen-bond donors (Lipinski definition) is 1. The predicted octanol–water partition coefficient (Wildman–Crippen LogP) is 1.99. The lowest BCUT2D eigenvalue weighted by Gasteiger charge is -2.21. The summed E-state index contributed by atoms with van der Waals surface area (Å²) in [7, 11) is 0. The van der Waals surface area contributed by atoms with E-state index in [0.29, 0.717) is 6.04 Å². The maximum atomic E-state index is 8.11. The molecule has 0 spiro atoms. The van der Waals surface area contributed by atoms with Crippen LogP contribution in [0, 0.1) is 0 Å². The van der Waals surface area contributed by atoms with Crippen LogP contribution in [0.15, 0.2) is 5.11 Å². The van der Waals surface area contributed by atoms with Crippen molar-refractivity contribution in [2.45, 2.75) is 37.8 Å². The summed E-state index contributed by atoms with van der Waals surface area (Å²) in [5.74, 6) is 0. The van der Waals surface area contributed by atoms with Crippen LogP contribution in [0.4, 0.5) is 0 Å². The first-order valence-electron chi connectivity index (χ1n) is 3.62. The van der Waals surface area contributed by atoms with E-state index in [1.54, 1.807) is 0 Å². The Hall–Kier alpha value is -0.440. The molecule has 0 atom stereocenters. The van der Waals surface area contributed by atoms with E-state index >= 15 is 0 Å². The minimum Gasteiger partial charge on any atom is -0.328 e. The molecule has 1 aliphatic rings. The van der Waals surface area contributed by atoms with Crippen LogP contribution in [0.1, 0.15) is 25.7 Å². The van der Waals surface area contributed by atoms with Gasteiger partial charge < -0.3 is 5.73 Å². The van der Waals surface area contributed by atoms with Crippen molar-refractivity contribution >= 4 is 12.4 Å². The van der Waals surface area contributed by atoms with E-state index in [9.17, 15) is 0 Å². The number of hydrogen-bond acceptors (Lipinski definition) is 2. The molecule has 0 radical (unpaired) electrons. The van der Waals surface area contributed by atoms with Crippen LogP contribution >= 0.6 is 12.4 Å². The molecular formula is C6H13ClN4. The zero-order valence-corrected chi connectivity index (χ0v) is 7.13. The summed E-state index contributed by atoms with van der Waals surface area (Å²) in [6, 6.07) is 0.551. The van der Waals surface area contributed by atoms with Crippen LogP contribution in [-0.2, 0) is 0 Å². The molecular weight excluding hydrogens is 164 g/mol. The summed E-state index contributed by atoms with van der Waals surface area (Å²) in [5.41, 5.74) is 13.8. The molecule has 0 aliphatic heterocycles. The van der Waals surface area contributed by atoms with Gasteiger partial charge in [0.2, 0.25) is 0 Å². The molecule has 1 saturated carbocycles. The fraction of sp³-hybridized carbons (Fsp3) is 1.00. The van der Waals surface area contributed by atoms with E-state index in [2.05, 4.69) is 10.0 Å². The fourth-order valence-electron chi connectivity index (χ4n) is 1.29. The van der Waals surface area contributed by atoms with Gasteiger partial charge in [-0.3, -0.25) is 0 Å². The quantitative estimate of drug-likeness (QED) is 0.370. The summed E-state index contributed by atoms with van der Waals surface area (Å²) < 4.78 is 0. The molecule has 5 heteroatoms. The molecule has 0 saturated heterocycles. The molecule has 2 N–H and O–H groups in total. The van der Waals surface area contributed by atoms with Crippen molar-refractivity contribution in [3.63, 3.8) is 0 Å². The summed E-state index contributed by atoms with van der Waals surface area (Å²) in [6.07, 6.45) is 3.93. The van der Waals surface area contributed by atoms with Gasteiger partial charge in [0, 0.05) is 17.0 Å². The lowest BCUT2D eigenvalue weighted by Crippen LogP contribution is -2.27. The number of nitrogens with zero attached hydrogens (tertiary/aromatic N) is 3. The van der Waals surface area contributed by atoms with Gasteiger partial charge in [-0.25, -0.2) is 0 Å². The molecule has 11 heavy (non-hydrogen) atoms. The van der Waals surface area contributed by atoms with Crippen molar-refractivity contribution in [1.29, 1.82) is 0 Å². The van der Waals surface area contributed by atoms with E-state index in [0.717, 1.165) is 25.7 Å². The number of azide groups is 1. The van der Waals surface area contributed by atoms with Crippen molar-refractivity contribution in [1.82, 2.24) is 0 Å². The van der Waals surface area contributed by atoms with Crippen molar-refractivity contribution in [3.05, 3.63) is 10.4 Å². The van der Waals surface area contributed by atoms with Crippen molar-refractivity contribution in [2.75, 3.05) is 0 Å². The van der Waals surface area contributed by atoms with Crippen molar-refractivity contribution in [2.24, 2.45) is 10.8 Å². The van der Waals surface area contributed by atoms with Crippen LogP contribution in [-0.4, -0.2) is 12.1 Å². The standard InChI is InChI=1S/C6H12N4.ClH/c7-5-1-3-6(4-2-5)9-10-8;/h5-6H,1-4,7H2;1H. The van der Waals surface area contributed by atoms with Crippen LogP contribution in [0.25, 0.3) is 10.4 Å². The monoisotopic (exact) mass is 176 g/mol. The Bertz CT molecular complexity index is 147. The zero-order valence-electron chi connectivity index (χ0n) is 6.31. The first-order chi connectivity index (χ1) is 4.83. The molecule has 0 unspecified atom stereocenters. The molecule has 0 aromatic heterocycles. The molecule has 1 fully saturated rings. The highest BCUT2D eigenvalue weighted by atomic mass is 35.5. The Morgan fingerprint density at radius 1 is 1.27 bits per heavy atom. The van der Waals surface area contributed by atoms with Gasteiger partial charge >= 0.3 is 0 Å². The van der Waals surface area contributed by atoms with Gasteiger partial charge in [0.15, 0.2) is 0 Å². The molecule has 1 rings (SSSR count). The summed E-state index contributed by atoms with van der Waals surface area (Å²) >= 11 is 0. The largest absolute Gasteiger partial charge is 0.328 e. The SMILES string of the molecule is Cl.[N-]=[N+]=NC1CCC(N)CC1. The predicted molar refractivity (Wildman–Crippen MR) is 46.6 cm³/mol. The molecule has 0 heterocycles. The minimum atomic E-state index is 0. The fourth-order valence-corrected chi connectivity index (χ4v) is 1.29. The number of rotatable bonds is 1. The minimum absolute atomic E-state index is 0. The number of nitrogens with two attached hydrogens (primary N) is 1.